The third kappa shape index (κ3) is 1.79. The molecule has 1 aliphatic rings. The molecule has 88 valence electrons. The van der Waals surface area contributed by atoms with Gasteiger partial charge in [-0.25, -0.2) is 4.79 Å². The van der Waals surface area contributed by atoms with Gasteiger partial charge in [0.25, 0.3) is 0 Å². The largest absolute Gasteiger partial charge is 0.351 e. The van der Waals surface area contributed by atoms with Gasteiger partial charge >= 0.3 is 6.03 Å². The number of rotatable bonds is 2. The van der Waals surface area contributed by atoms with E-state index >= 15 is 0 Å². The smallest absolute Gasteiger partial charge is 0.316 e. The summed E-state index contributed by atoms with van der Waals surface area (Å²) in [4.78, 5) is 10.9. The van der Waals surface area contributed by atoms with Crippen molar-refractivity contribution < 1.29 is 9.53 Å². The van der Waals surface area contributed by atoms with Crippen molar-refractivity contribution in [2.75, 3.05) is 11.9 Å². The molecule has 1 aromatic heterocycles. The fourth-order valence-electron chi connectivity index (χ4n) is 1.94. The molecule has 5 nitrogen and oxygen atoms in total. The minimum atomic E-state index is -0.570. The third-order valence-electron chi connectivity index (χ3n) is 2.70. The minimum Gasteiger partial charge on any atom is -0.351 e. The van der Waals surface area contributed by atoms with E-state index < -0.39 is 6.03 Å². The summed E-state index contributed by atoms with van der Waals surface area (Å²) >= 11 is 3.49. The van der Waals surface area contributed by atoms with E-state index in [0.717, 1.165) is 22.0 Å². The van der Waals surface area contributed by atoms with E-state index in [-0.39, 0.29) is 6.23 Å². The van der Waals surface area contributed by atoms with Gasteiger partial charge in [0.15, 0.2) is 6.23 Å². The van der Waals surface area contributed by atoms with E-state index in [9.17, 15) is 4.79 Å². The second-order valence-electron chi connectivity index (χ2n) is 3.86. The first-order valence-corrected chi connectivity index (χ1v) is 5.93. The van der Waals surface area contributed by atoms with Gasteiger partial charge < -0.3 is 20.4 Å². The molecule has 0 spiro atoms. The van der Waals surface area contributed by atoms with Gasteiger partial charge in [0.1, 0.15) is 0 Å². The lowest BCUT2D eigenvalue weighted by atomic mass is 10.2. The summed E-state index contributed by atoms with van der Waals surface area (Å²) in [6, 6.07) is 5.10. The van der Waals surface area contributed by atoms with Crippen molar-refractivity contribution in [2.24, 2.45) is 5.73 Å². The Hall–Kier alpha value is -1.53. The number of nitrogens with two attached hydrogens (primary N) is 1. The summed E-state index contributed by atoms with van der Waals surface area (Å²) in [6.07, 6.45) is 2.06. The Morgan fingerprint density at radius 3 is 3.00 bits per heavy atom. The molecule has 1 saturated heterocycles. The predicted octanol–water partition coefficient (Wildman–Crippen LogP) is 2.42. The highest BCUT2D eigenvalue weighted by Crippen LogP contribution is 2.37. The quantitative estimate of drug-likeness (QED) is 0.835. The molecular formula is C11H10BrN3O2. The van der Waals surface area contributed by atoms with Crippen LogP contribution in [0.2, 0.25) is 0 Å². The first kappa shape index (κ1) is 10.6. The first-order chi connectivity index (χ1) is 8.16. The van der Waals surface area contributed by atoms with Crippen molar-refractivity contribution in [2.45, 2.75) is 6.23 Å². The van der Waals surface area contributed by atoms with E-state index in [4.69, 9.17) is 10.5 Å². The van der Waals surface area contributed by atoms with E-state index in [1.807, 2.05) is 29.0 Å². The molecule has 0 bridgehead atoms. The Labute approximate surface area is 106 Å². The van der Waals surface area contributed by atoms with Gasteiger partial charge in [0.05, 0.1) is 17.8 Å². The fourth-order valence-corrected chi connectivity index (χ4v) is 2.58. The number of epoxide rings is 1. The van der Waals surface area contributed by atoms with Crippen molar-refractivity contribution in [1.29, 1.82) is 0 Å². The Morgan fingerprint density at radius 1 is 1.59 bits per heavy atom. The number of hydrogen-bond acceptors (Lipinski definition) is 2. The number of carbonyl (C=O) groups is 1. The number of hydrogen-bond donors (Lipinski definition) is 2. The number of anilines is 1. The fraction of sp³-hybridized carbons (Fsp3) is 0.182. The molecule has 1 aliphatic heterocycles. The van der Waals surface area contributed by atoms with Crippen LogP contribution in [0.5, 0.6) is 0 Å². The summed E-state index contributed by atoms with van der Waals surface area (Å²) < 4.78 is 8.21. The van der Waals surface area contributed by atoms with Crippen LogP contribution < -0.4 is 11.1 Å². The van der Waals surface area contributed by atoms with Gasteiger partial charge in [0, 0.05) is 16.1 Å². The summed E-state index contributed by atoms with van der Waals surface area (Å²) in [5.74, 6) is 0. The number of carbonyl (C=O) groups excluding carboxylic acids is 1. The Morgan fingerprint density at radius 2 is 2.35 bits per heavy atom. The molecule has 2 amide bonds. The van der Waals surface area contributed by atoms with Crippen LogP contribution in [-0.2, 0) is 4.74 Å². The summed E-state index contributed by atoms with van der Waals surface area (Å²) in [5.41, 5.74) is 6.85. The number of ether oxygens (including phenoxy) is 1. The van der Waals surface area contributed by atoms with Crippen molar-refractivity contribution in [1.82, 2.24) is 4.57 Å². The van der Waals surface area contributed by atoms with Crippen LogP contribution in [0, 0.1) is 0 Å². The number of nitrogens with one attached hydrogen (secondary N) is 1. The van der Waals surface area contributed by atoms with E-state index in [2.05, 4.69) is 21.2 Å². The number of primary amides is 1. The highest BCUT2D eigenvalue weighted by atomic mass is 79.9. The molecular weight excluding hydrogens is 286 g/mol. The Balaban J connectivity index is 2.20. The lowest BCUT2D eigenvalue weighted by Crippen LogP contribution is -2.19. The van der Waals surface area contributed by atoms with E-state index in [1.165, 1.54) is 0 Å². The molecule has 2 heterocycles. The summed E-state index contributed by atoms with van der Waals surface area (Å²) in [7, 11) is 0. The third-order valence-corrected chi connectivity index (χ3v) is 3.30. The van der Waals surface area contributed by atoms with Crippen molar-refractivity contribution in [3.05, 3.63) is 28.9 Å². The molecule has 6 heteroatoms. The molecule has 0 radical (unpaired) electrons. The maximum atomic E-state index is 10.9. The topological polar surface area (TPSA) is 72.6 Å². The zero-order valence-corrected chi connectivity index (χ0v) is 10.4. The number of fused-ring (bicyclic) bond motifs is 1. The molecule has 2 aromatic rings. The van der Waals surface area contributed by atoms with Gasteiger partial charge in [-0.15, -0.1) is 0 Å². The zero-order chi connectivity index (χ0) is 12.0. The molecule has 1 atom stereocenters. The maximum Gasteiger partial charge on any atom is 0.316 e. The van der Waals surface area contributed by atoms with Crippen molar-refractivity contribution in [3.63, 3.8) is 0 Å². The molecule has 3 rings (SSSR count). The second-order valence-corrected chi connectivity index (χ2v) is 4.72. The molecule has 0 saturated carbocycles. The van der Waals surface area contributed by atoms with Crippen LogP contribution in [-0.4, -0.2) is 17.2 Å². The van der Waals surface area contributed by atoms with Crippen LogP contribution in [0.1, 0.15) is 6.23 Å². The van der Waals surface area contributed by atoms with E-state index in [0.29, 0.717) is 5.69 Å². The Kier molecular flexibility index (Phi) is 2.34. The normalized spacial score (nSPS) is 18.3. The molecule has 1 unspecified atom stereocenters. The van der Waals surface area contributed by atoms with Gasteiger partial charge in [-0.3, -0.25) is 0 Å². The monoisotopic (exact) mass is 295 g/mol. The molecule has 17 heavy (non-hydrogen) atoms. The van der Waals surface area contributed by atoms with Crippen LogP contribution in [0.4, 0.5) is 10.5 Å². The SMILES string of the molecule is NC(=O)Nc1cccc2c1c(Br)cn2C1CO1. The number of aromatic nitrogens is 1. The minimum absolute atomic E-state index is 0.104. The standard InChI is InChI=1S/C11H10BrN3O2/c12-6-4-15(9-5-17-9)8-3-1-2-7(10(6)8)14-11(13)16/h1-4,9H,5H2,(H3,13,14,16). The molecule has 1 aromatic carbocycles. The van der Waals surface area contributed by atoms with Crippen LogP contribution in [0.25, 0.3) is 10.9 Å². The van der Waals surface area contributed by atoms with Gasteiger partial charge in [-0.05, 0) is 28.1 Å². The van der Waals surface area contributed by atoms with Gasteiger partial charge in [-0.2, -0.15) is 0 Å². The maximum absolute atomic E-state index is 10.9. The highest BCUT2D eigenvalue weighted by molar-refractivity contribution is 9.10. The molecule has 1 fully saturated rings. The molecule has 0 aliphatic carbocycles. The second kappa shape index (κ2) is 3.75. The number of amides is 2. The number of nitrogens with zero attached hydrogens (tertiary/aromatic N) is 1. The number of urea groups is 1. The first-order valence-electron chi connectivity index (χ1n) is 5.14. The Bertz CT molecular complexity index is 604. The van der Waals surface area contributed by atoms with Crippen molar-refractivity contribution in [3.8, 4) is 0 Å². The predicted molar refractivity (Wildman–Crippen MR) is 67.8 cm³/mol. The zero-order valence-electron chi connectivity index (χ0n) is 8.81. The average Bonchev–Trinajstić information content (AvgIpc) is 3.04. The summed E-state index contributed by atoms with van der Waals surface area (Å²) in [5, 5.41) is 3.55. The van der Waals surface area contributed by atoms with E-state index in [1.54, 1.807) is 0 Å². The summed E-state index contributed by atoms with van der Waals surface area (Å²) in [6.45, 7) is 0.726. The lowest BCUT2D eigenvalue weighted by molar-refractivity contribution is 0.259. The highest BCUT2D eigenvalue weighted by Gasteiger charge is 2.27. The van der Waals surface area contributed by atoms with Crippen LogP contribution in [0.15, 0.2) is 28.9 Å². The van der Waals surface area contributed by atoms with Crippen LogP contribution >= 0.6 is 15.9 Å². The lowest BCUT2D eigenvalue weighted by Gasteiger charge is -2.05. The van der Waals surface area contributed by atoms with Gasteiger partial charge in [-0.1, -0.05) is 6.07 Å². The van der Waals surface area contributed by atoms with Gasteiger partial charge in [0.2, 0.25) is 0 Å². The number of benzene rings is 1. The van der Waals surface area contributed by atoms with Crippen molar-refractivity contribution >= 4 is 38.6 Å². The van der Waals surface area contributed by atoms with Crippen LogP contribution in [0.3, 0.4) is 0 Å². The number of halogens is 1. The molecule has 3 N–H and O–H groups in total. The average molecular weight is 296 g/mol.